The Morgan fingerprint density at radius 3 is 2.72 bits per heavy atom. The summed E-state index contributed by atoms with van der Waals surface area (Å²) in [5, 5.41) is 12.8. The number of nitrogens with zero attached hydrogens (tertiary/aromatic N) is 1. The third-order valence-electron chi connectivity index (χ3n) is 2.72. The Labute approximate surface area is 116 Å². The number of halogens is 1. The Kier molecular flexibility index (Phi) is 4.15. The van der Waals surface area contributed by atoms with E-state index in [4.69, 9.17) is 11.6 Å². The maximum Gasteiger partial charge on any atom is 0.251 e. The molecule has 0 atom stereocenters. The fourth-order valence-electron chi connectivity index (χ4n) is 1.66. The van der Waals surface area contributed by atoms with E-state index in [1.807, 2.05) is 0 Å². The molecule has 1 aromatic carbocycles. The molecule has 2 nitrogen and oxygen atoms in total. The summed E-state index contributed by atoms with van der Waals surface area (Å²) >= 11 is 7.27. The lowest BCUT2D eigenvalue weighted by atomic mass is 10.1. The molecule has 2 rings (SSSR count). The highest BCUT2D eigenvalue weighted by atomic mass is 35.5. The van der Waals surface area contributed by atoms with E-state index in [0.717, 1.165) is 10.5 Å². The Morgan fingerprint density at radius 1 is 1.22 bits per heavy atom. The van der Waals surface area contributed by atoms with Crippen LogP contribution in [-0.4, -0.2) is 0 Å². The van der Waals surface area contributed by atoms with E-state index in [0.29, 0.717) is 10.0 Å². The number of aromatic nitrogens is 1. The molecule has 0 aliphatic heterocycles. The highest BCUT2D eigenvalue weighted by molar-refractivity contribution is 7.98. The molecular weight excluding hydrogens is 266 g/mol. The molecule has 0 aliphatic carbocycles. The van der Waals surface area contributed by atoms with Crippen LogP contribution in [0, 0.1) is 19.1 Å². The summed E-state index contributed by atoms with van der Waals surface area (Å²) < 4.78 is 0.818. The van der Waals surface area contributed by atoms with Crippen LogP contribution >= 0.6 is 23.4 Å². The van der Waals surface area contributed by atoms with Crippen molar-refractivity contribution >= 4 is 23.4 Å². The number of aryl methyl sites for hydroxylation is 2. The summed E-state index contributed by atoms with van der Waals surface area (Å²) in [6, 6.07) is 9.86. The first-order valence-electron chi connectivity index (χ1n) is 5.64. The largest absolute Gasteiger partial charge is 0.618 e. The van der Waals surface area contributed by atoms with Gasteiger partial charge in [-0.2, -0.15) is 4.73 Å². The predicted octanol–water partition coefficient (Wildman–Crippen LogP) is 3.88. The van der Waals surface area contributed by atoms with Crippen molar-refractivity contribution in [3.05, 3.63) is 63.4 Å². The second-order valence-electron chi connectivity index (χ2n) is 4.23. The van der Waals surface area contributed by atoms with Crippen molar-refractivity contribution in [3.8, 4) is 0 Å². The van der Waals surface area contributed by atoms with Crippen LogP contribution in [0.5, 0.6) is 0 Å². The van der Waals surface area contributed by atoms with E-state index in [9.17, 15) is 5.21 Å². The summed E-state index contributed by atoms with van der Waals surface area (Å²) in [5.41, 5.74) is 3.75. The molecule has 1 heterocycles. The van der Waals surface area contributed by atoms with Crippen molar-refractivity contribution in [1.29, 1.82) is 0 Å². The van der Waals surface area contributed by atoms with Crippen molar-refractivity contribution in [2.24, 2.45) is 0 Å². The number of pyridine rings is 1. The van der Waals surface area contributed by atoms with Gasteiger partial charge in [0.15, 0.2) is 6.20 Å². The zero-order valence-corrected chi connectivity index (χ0v) is 11.9. The van der Waals surface area contributed by atoms with Crippen molar-refractivity contribution in [2.45, 2.75) is 24.6 Å². The highest BCUT2D eigenvalue weighted by Crippen LogP contribution is 2.23. The summed E-state index contributed by atoms with van der Waals surface area (Å²) in [4.78, 5) is 0. The fourth-order valence-corrected chi connectivity index (χ4v) is 2.77. The molecule has 0 N–H and O–H groups in total. The SMILES string of the molecule is Cc1ccc(C)c(CSc2ccc(Cl)c[n+]2[O-])c1. The van der Waals surface area contributed by atoms with Gasteiger partial charge in [-0.25, -0.2) is 0 Å². The number of thioether (sulfide) groups is 1. The number of hydrogen-bond donors (Lipinski definition) is 0. The second kappa shape index (κ2) is 5.63. The topological polar surface area (TPSA) is 26.9 Å². The van der Waals surface area contributed by atoms with Gasteiger partial charge in [0.25, 0.3) is 5.03 Å². The Bertz CT molecular complexity index is 572. The predicted molar refractivity (Wildman–Crippen MR) is 75.9 cm³/mol. The summed E-state index contributed by atoms with van der Waals surface area (Å²) in [5.74, 6) is 0.789. The molecule has 94 valence electrons. The molecule has 2 aromatic rings. The van der Waals surface area contributed by atoms with E-state index in [1.54, 1.807) is 12.1 Å². The quantitative estimate of drug-likeness (QED) is 0.484. The molecule has 0 spiro atoms. The third-order valence-corrected chi connectivity index (χ3v) is 4.01. The first kappa shape index (κ1) is 13.2. The maximum absolute atomic E-state index is 11.6. The van der Waals surface area contributed by atoms with Crippen molar-refractivity contribution in [2.75, 3.05) is 0 Å². The minimum atomic E-state index is 0.459. The van der Waals surface area contributed by atoms with E-state index >= 15 is 0 Å². The number of hydrogen-bond acceptors (Lipinski definition) is 2. The van der Waals surface area contributed by atoms with E-state index in [2.05, 4.69) is 32.0 Å². The average Bonchev–Trinajstić information content (AvgIpc) is 2.32. The molecule has 4 heteroatoms. The van der Waals surface area contributed by atoms with Gasteiger partial charge in [-0.3, -0.25) is 0 Å². The zero-order chi connectivity index (χ0) is 13.1. The monoisotopic (exact) mass is 279 g/mol. The van der Waals surface area contributed by atoms with Gasteiger partial charge in [-0.05, 0) is 31.0 Å². The molecule has 18 heavy (non-hydrogen) atoms. The van der Waals surface area contributed by atoms with Crippen LogP contribution in [0.1, 0.15) is 16.7 Å². The van der Waals surface area contributed by atoms with Crippen LogP contribution < -0.4 is 4.73 Å². The average molecular weight is 280 g/mol. The minimum absolute atomic E-state index is 0.459. The van der Waals surface area contributed by atoms with Gasteiger partial charge in [0.1, 0.15) is 5.02 Å². The molecule has 1 aromatic heterocycles. The molecule has 0 fully saturated rings. The Morgan fingerprint density at radius 2 is 2.00 bits per heavy atom. The first-order chi connectivity index (χ1) is 8.56. The molecule has 0 unspecified atom stereocenters. The second-order valence-corrected chi connectivity index (χ2v) is 5.66. The Balaban J connectivity index is 2.13. The summed E-state index contributed by atoms with van der Waals surface area (Å²) in [6.07, 6.45) is 1.38. The molecule has 0 bridgehead atoms. The zero-order valence-electron chi connectivity index (χ0n) is 10.3. The van der Waals surface area contributed by atoms with Gasteiger partial charge in [-0.1, -0.05) is 47.1 Å². The van der Waals surface area contributed by atoms with Gasteiger partial charge in [0.2, 0.25) is 0 Å². The van der Waals surface area contributed by atoms with Crippen LogP contribution in [0.4, 0.5) is 0 Å². The van der Waals surface area contributed by atoms with Gasteiger partial charge < -0.3 is 5.21 Å². The van der Waals surface area contributed by atoms with Gasteiger partial charge in [0.05, 0.1) is 0 Å². The highest BCUT2D eigenvalue weighted by Gasteiger charge is 2.08. The normalized spacial score (nSPS) is 10.6. The lowest BCUT2D eigenvalue weighted by Crippen LogP contribution is -2.28. The molecule has 0 aliphatic rings. The minimum Gasteiger partial charge on any atom is -0.618 e. The van der Waals surface area contributed by atoms with Crippen LogP contribution in [0.25, 0.3) is 0 Å². The molecule has 0 radical (unpaired) electrons. The van der Waals surface area contributed by atoms with Gasteiger partial charge in [-0.15, -0.1) is 0 Å². The maximum atomic E-state index is 11.6. The van der Waals surface area contributed by atoms with Crippen LogP contribution in [-0.2, 0) is 5.75 Å². The summed E-state index contributed by atoms with van der Waals surface area (Å²) in [6.45, 7) is 4.16. The van der Waals surface area contributed by atoms with Crippen molar-refractivity contribution < 1.29 is 4.73 Å². The van der Waals surface area contributed by atoms with Gasteiger partial charge >= 0.3 is 0 Å². The summed E-state index contributed by atoms with van der Waals surface area (Å²) in [7, 11) is 0. The van der Waals surface area contributed by atoms with E-state index in [-0.39, 0.29) is 0 Å². The first-order valence-corrected chi connectivity index (χ1v) is 7.00. The van der Waals surface area contributed by atoms with E-state index in [1.165, 1.54) is 34.6 Å². The standard InChI is InChI=1S/C14H14ClNOS/c1-10-3-4-11(2)12(7-10)9-18-14-6-5-13(15)8-16(14)17/h3-8H,9H2,1-2H3. The lowest BCUT2D eigenvalue weighted by molar-refractivity contribution is -0.645. The lowest BCUT2D eigenvalue weighted by Gasteiger charge is -2.07. The van der Waals surface area contributed by atoms with Crippen LogP contribution in [0.2, 0.25) is 5.02 Å². The fraction of sp³-hybridized carbons (Fsp3) is 0.214. The van der Waals surface area contributed by atoms with Crippen LogP contribution in [0.3, 0.4) is 0 Å². The van der Waals surface area contributed by atoms with Crippen molar-refractivity contribution in [1.82, 2.24) is 0 Å². The molecule has 0 amide bonds. The van der Waals surface area contributed by atoms with Crippen molar-refractivity contribution in [3.63, 3.8) is 0 Å². The molecular formula is C14H14ClNOS. The third kappa shape index (κ3) is 3.18. The Hall–Kier alpha value is -1.19. The van der Waals surface area contributed by atoms with Gasteiger partial charge in [0, 0.05) is 11.8 Å². The van der Waals surface area contributed by atoms with E-state index < -0.39 is 0 Å². The number of rotatable bonds is 3. The molecule has 0 saturated heterocycles. The molecule has 0 saturated carbocycles. The number of benzene rings is 1. The smallest absolute Gasteiger partial charge is 0.251 e. The van der Waals surface area contributed by atoms with Crippen LogP contribution in [0.15, 0.2) is 41.6 Å².